The second-order valence-electron chi connectivity index (χ2n) is 8.33. The van der Waals surface area contributed by atoms with E-state index < -0.39 is 0 Å². The molecule has 0 bridgehead atoms. The van der Waals surface area contributed by atoms with E-state index in [9.17, 15) is 4.39 Å². The molecular weight excluding hydrogens is 373 g/mol. The zero-order valence-electron chi connectivity index (χ0n) is 19.1. The van der Waals surface area contributed by atoms with Crippen LogP contribution in [0.3, 0.4) is 0 Å². The minimum atomic E-state index is -0.237. The summed E-state index contributed by atoms with van der Waals surface area (Å²) in [4.78, 5) is 4.40. The lowest BCUT2D eigenvalue weighted by Gasteiger charge is -2.09. The molecule has 2 nitrogen and oxygen atoms in total. The highest BCUT2D eigenvalue weighted by molar-refractivity contribution is 5.60. The number of pyridine rings is 1. The fourth-order valence-corrected chi connectivity index (χ4v) is 3.72. The van der Waals surface area contributed by atoms with Gasteiger partial charge in [-0.25, -0.2) is 4.39 Å². The van der Waals surface area contributed by atoms with Gasteiger partial charge in [0.25, 0.3) is 0 Å². The number of rotatable bonds is 16. The number of benzene rings is 1. The molecule has 3 heteroatoms. The number of aromatic nitrogens is 1. The van der Waals surface area contributed by atoms with E-state index in [2.05, 4.69) is 18.8 Å². The van der Waals surface area contributed by atoms with Gasteiger partial charge in [-0.2, -0.15) is 0 Å². The van der Waals surface area contributed by atoms with Crippen molar-refractivity contribution in [3.05, 3.63) is 47.9 Å². The lowest BCUT2D eigenvalue weighted by molar-refractivity contribution is 0.304. The maximum Gasteiger partial charge on any atom is 0.149 e. The van der Waals surface area contributed by atoms with Crippen LogP contribution < -0.4 is 4.74 Å². The molecule has 166 valence electrons. The first-order chi connectivity index (χ1) is 14.7. The molecule has 30 heavy (non-hydrogen) atoms. The summed E-state index contributed by atoms with van der Waals surface area (Å²) in [7, 11) is 0. The van der Waals surface area contributed by atoms with Crippen molar-refractivity contribution in [1.29, 1.82) is 0 Å². The van der Waals surface area contributed by atoms with Gasteiger partial charge < -0.3 is 4.74 Å². The van der Waals surface area contributed by atoms with E-state index in [4.69, 9.17) is 4.74 Å². The van der Waals surface area contributed by atoms with Gasteiger partial charge in [0.1, 0.15) is 17.3 Å². The Balaban J connectivity index is 1.76. The first-order valence-corrected chi connectivity index (χ1v) is 12.1. The fourth-order valence-electron chi connectivity index (χ4n) is 3.72. The number of halogens is 1. The number of nitrogens with zero attached hydrogens (tertiary/aromatic N) is 1. The average Bonchev–Trinajstić information content (AvgIpc) is 2.76. The summed E-state index contributed by atoms with van der Waals surface area (Å²) in [6.07, 6.45) is 17.7. The molecule has 1 aromatic heterocycles. The summed E-state index contributed by atoms with van der Waals surface area (Å²) in [5.41, 5.74) is 2.21. The molecular formula is C27H40FNO. The lowest BCUT2D eigenvalue weighted by atomic mass is 10.0. The largest absolute Gasteiger partial charge is 0.494 e. The number of aryl methyl sites for hydroxylation is 1. The van der Waals surface area contributed by atoms with Crippen LogP contribution in [-0.2, 0) is 6.42 Å². The van der Waals surface area contributed by atoms with Gasteiger partial charge in [0.05, 0.1) is 6.61 Å². The zero-order chi connectivity index (χ0) is 21.4. The Morgan fingerprint density at radius 1 is 0.767 bits per heavy atom. The van der Waals surface area contributed by atoms with Crippen LogP contribution in [0.4, 0.5) is 4.39 Å². The Bertz CT molecular complexity index is 699. The van der Waals surface area contributed by atoms with Crippen molar-refractivity contribution in [3.8, 4) is 17.0 Å². The van der Waals surface area contributed by atoms with Crippen LogP contribution in [-0.4, -0.2) is 11.6 Å². The molecule has 2 aromatic rings. The number of hydrogen-bond donors (Lipinski definition) is 0. The first-order valence-electron chi connectivity index (χ1n) is 12.1. The molecule has 1 aromatic carbocycles. The molecule has 0 radical (unpaired) electrons. The maximum atomic E-state index is 14.6. The van der Waals surface area contributed by atoms with Crippen molar-refractivity contribution in [1.82, 2.24) is 4.98 Å². The average molecular weight is 414 g/mol. The van der Waals surface area contributed by atoms with Crippen LogP contribution in [0.25, 0.3) is 11.3 Å². The Morgan fingerprint density at radius 2 is 1.37 bits per heavy atom. The number of ether oxygens (including phenoxy) is 1. The van der Waals surface area contributed by atoms with Crippen LogP contribution in [0, 0.1) is 5.82 Å². The predicted octanol–water partition coefficient (Wildman–Crippen LogP) is 8.53. The molecule has 0 aliphatic heterocycles. The molecule has 0 atom stereocenters. The first kappa shape index (κ1) is 24.4. The van der Waals surface area contributed by atoms with Crippen molar-refractivity contribution in [2.45, 2.75) is 97.3 Å². The number of unbranched alkanes of at least 4 members (excludes halogenated alkanes) is 10. The van der Waals surface area contributed by atoms with Gasteiger partial charge in [-0.15, -0.1) is 0 Å². The van der Waals surface area contributed by atoms with Crippen LogP contribution in [0.15, 0.2) is 36.5 Å². The van der Waals surface area contributed by atoms with Crippen LogP contribution >= 0.6 is 0 Å². The summed E-state index contributed by atoms with van der Waals surface area (Å²) in [5, 5.41) is 0. The van der Waals surface area contributed by atoms with Crippen LogP contribution in [0.2, 0.25) is 0 Å². The second-order valence-corrected chi connectivity index (χ2v) is 8.33. The van der Waals surface area contributed by atoms with E-state index >= 15 is 0 Å². The molecule has 0 unspecified atom stereocenters. The van der Waals surface area contributed by atoms with Crippen molar-refractivity contribution in [2.24, 2.45) is 0 Å². The Morgan fingerprint density at radius 3 is 2.00 bits per heavy atom. The molecule has 0 spiro atoms. The smallest absolute Gasteiger partial charge is 0.149 e. The summed E-state index contributed by atoms with van der Waals surface area (Å²) in [5.74, 6) is 0.603. The predicted molar refractivity (Wildman–Crippen MR) is 126 cm³/mol. The van der Waals surface area contributed by atoms with E-state index in [1.165, 1.54) is 64.2 Å². The highest BCUT2D eigenvalue weighted by Gasteiger charge is 2.08. The topological polar surface area (TPSA) is 22.1 Å². The second kappa shape index (κ2) is 15.0. The zero-order valence-corrected chi connectivity index (χ0v) is 19.1. The van der Waals surface area contributed by atoms with Crippen LogP contribution in [0.1, 0.15) is 96.5 Å². The maximum absolute atomic E-state index is 14.6. The monoisotopic (exact) mass is 413 g/mol. The van der Waals surface area contributed by atoms with E-state index in [0.717, 1.165) is 42.7 Å². The molecule has 2 rings (SSSR count). The molecule has 1 heterocycles. The van der Waals surface area contributed by atoms with Gasteiger partial charge in [0.15, 0.2) is 0 Å². The summed E-state index contributed by atoms with van der Waals surface area (Å²) >= 11 is 0. The van der Waals surface area contributed by atoms with Gasteiger partial charge in [-0.3, -0.25) is 4.98 Å². The van der Waals surface area contributed by atoms with Gasteiger partial charge in [-0.05, 0) is 55.2 Å². The van der Waals surface area contributed by atoms with E-state index in [1.807, 2.05) is 30.5 Å². The quantitative estimate of drug-likeness (QED) is 0.257. The molecule has 0 amide bonds. The Kier molecular flexibility index (Phi) is 12.2. The molecule has 0 aliphatic carbocycles. The molecule has 0 fully saturated rings. The van der Waals surface area contributed by atoms with Gasteiger partial charge in [0, 0.05) is 11.8 Å². The SMILES string of the molecule is CCCCCCCCOc1ccc(-c2ncc(CCCCCCCC)cc2F)cc1. The van der Waals surface area contributed by atoms with E-state index in [-0.39, 0.29) is 5.82 Å². The van der Waals surface area contributed by atoms with E-state index in [0.29, 0.717) is 5.69 Å². The van der Waals surface area contributed by atoms with Crippen LogP contribution in [0.5, 0.6) is 5.75 Å². The van der Waals surface area contributed by atoms with Crippen molar-refractivity contribution < 1.29 is 9.13 Å². The highest BCUT2D eigenvalue weighted by atomic mass is 19.1. The van der Waals surface area contributed by atoms with Crippen molar-refractivity contribution >= 4 is 0 Å². The standard InChI is InChI=1S/C27H40FNO/c1-3-5-7-9-11-13-15-23-21-26(28)27(29-22-23)24-16-18-25(19-17-24)30-20-14-12-10-8-6-4-2/h16-19,21-22H,3-15,20H2,1-2H3. The van der Waals surface area contributed by atoms with Gasteiger partial charge >= 0.3 is 0 Å². The lowest BCUT2D eigenvalue weighted by Crippen LogP contribution is -1.98. The molecule has 0 saturated carbocycles. The molecule has 0 aliphatic rings. The van der Waals surface area contributed by atoms with Crippen molar-refractivity contribution in [2.75, 3.05) is 6.61 Å². The number of hydrogen-bond acceptors (Lipinski definition) is 2. The van der Waals surface area contributed by atoms with Crippen molar-refractivity contribution in [3.63, 3.8) is 0 Å². The minimum absolute atomic E-state index is 0.237. The minimum Gasteiger partial charge on any atom is -0.494 e. The normalized spacial score (nSPS) is 11.0. The molecule has 0 N–H and O–H groups in total. The highest BCUT2D eigenvalue weighted by Crippen LogP contribution is 2.24. The fraction of sp³-hybridized carbons (Fsp3) is 0.593. The Hall–Kier alpha value is -1.90. The summed E-state index contributed by atoms with van der Waals surface area (Å²) in [6, 6.07) is 9.28. The van der Waals surface area contributed by atoms with Gasteiger partial charge in [-0.1, -0.05) is 78.1 Å². The van der Waals surface area contributed by atoms with Gasteiger partial charge in [0.2, 0.25) is 0 Å². The Labute approximate surface area is 183 Å². The summed E-state index contributed by atoms with van der Waals surface area (Å²) < 4.78 is 20.4. The third-order valence-corrected chi connectivity index (χ3v) is 5.61. The summed E-state index contributed by atoms with van der Waals surface area (Å²) in [6.45, 7) is 5.21. The third-order valence-electron chi connectivity index (χ3n) is 5.61. The molecule has 0 saturated heterocycles. The van der Waals surface area contributed by atoms with E-state index in [1.54, 1.807) is 6.07 Å². The third kappa shape index (κ3) is 9.28.